The van der Waals surface area contributed by atoms with Gasteiger partial charge in [0, 0.05) is 23.0 Å². The molecule has 0 saturated heterocycles. The Balaban J connectivity index is 2.54. The van der Waals surface area contributed by atoms with Gasteiger partial charge in [0.2, 0.25) is 5.95 Å². The maximum Gasteiger partial charge on any atom is 0.207 e. The molecule has 1 aromatic heterocycles. The van der Waals surface area contributed by atoms with Crippen molar-refractivity contribution in [1.29, 1.82) is 0 Å². The number of imidazole rings is 1. The Bertz CT molecular complexity index is 481. The van der Waals surface area contributed by atoms with Gasteiger partial charge in [0.15, 0.2) is 0 Å². The largest absolute Gasteiger partial charge is 0.358 e. The Hall–Kier alpha value is -1.11. The summed E-state index contributed by atoms with van der Waals surface area (Å²) >= 11 is 2.10. The van der Waals surface area contributed by atoms with Gasteiger partial charge in [-0.3, -0.25) is 4.57 Å². The average molecular weight is 317 g/mol. The molecule has 0 saturated carbocycles. The van der Waals surface area contributed by atoms with E-state index in [0.29, 0.717) is 0 Å². The van der Waals surface area contributed by atoms with Gasteiger partial charge in [-0.1, -0.05) is 0 Å². The van der Waals surface area contributed by atoms with Crippen molar-refractivity contribution >= 4 is 28.5 Å². The van der Waals surface area contributed by atoms with Crippen LogP contribution in [0.1, 0.15) is 0 Å². The highest BCUT2D eigenvalue weighted by atomic mass is 127. The summed E-state index contributed by atoms with van der Waals surface area (Å²) in [6, 6.07) is 4.67. The first kappa shape index (κ1) is 10.4. The quantitative estimate of drug-likeness (QED) is 0.863. The van der Waals surface area contributed by atoms with Crippen LogP contribution in [-0.4, -0.2) is 16.6 Å². The SMILES string of the molecule is CNc1nccn1-c1ccc(F)cc1I. The molecule has 5 heteroatoms. The third kappa shape index (κ3) is 1.97. The van der Waals surface area contributed by atoms with Crippen LogP contribution in [0.2, 0.25) is 0 Å². The Labute approximate surface area is 100 Å². The van der Waals surface area contributed by atoms with Gasteiger partial charge in [0.25, 0.3) is 0 Å². The summed E-state index contributed by atoms with van der Waals surface area (Å²) in [5, 5.41) is 2.97. The standard InChI is InChI=1S/C10H9FIN3/c1-13-10-14-4-5-15(10)9-3-2-7(11)6-8(9)12/h2-6H,1H3,(H,13,14). The van der Waals surface area contributed by atoms with Crippen molar-refractivity contribution in [2.75, 3.05) is 12.4 Å². The van der Waals surface area contributed by atoms with Gasteiger partial charge in [-0.2, -0.15) is 0 Å². The molecule has 1 aromatic carbocycles. The molecule has 0 bridgehead atoms. The summed E-state index contributed by atoms with van der Waals surface area (Å²) in [6.45, 7) is 0. The third-order valence-electron chi connectivity index (χ3n) is 2.03. The highest BCUT2D eigenvalue weighted by Gasteiger charge is 2.07. The average Bonchev–Trinajstić information content (AvgIpc) is 2.65. The molecule has 1 N–H and O–H groups in total. The number of hydrogen-bond acceptors (Lipinski definition) is 2. The van der Waals surface area contributed by atoms with Crippen LogP contribution in [0.25, 0.3) is 5.69 Å². The molecule has 0 atom stereocenters. The highest BCUT2D eigenvalue weighted by Crippen LogP contribution is 2.21. The van der Waals surface area contributed by atoms with Crippen LogP contribution in [0.5, 0.6) is 0 Å². The van der Waals surface area contributed by atoms with Crippen molar-refractivity contribution in [1.82, 2.24) is 9.55 Å². The van der Waals surface area contributed by atoms with Crippen LogP contribution in [0.4, 0.5) is 10.3 Å². The van der Waals surface area contributed by atoms with E-state index in [1.54, 1.807) is 19.3 Å². The second kappa shape index (κ2) is 4.18. The molecular formula is C10H9FIN3. The highest BCUT2D eigenvalue weighted by molar-refractivity contribution is 14.1. The Morgan fingerprint density at radius 1 is 1.47 bits per heavy atom. The van der Waals surface area contributed by atoms with E-state index in [4.69, 9.17) is 0 Å². The van der Waals surface area contributed by atoms with E-state index in [1.165, 1.54) is 12.1 Å². The second-order valence-corrected chi connectivity index (χ2v) is 4.13. The van der Waals surface area contributed by atoms with Crippen LogP contribution in [-0.2, 0) is 0 Å². The minimum absolute atomic E-state index is 0.228. The molecule has 2 aromatic rings. The molecule has 0 fully saturated rings. The number of anilines is 1. The van der Waals surface area contributed by atoms with Gasteiger partial charge >= 0.3 is 0 Å². The molecule has 0 radical (unpaired) electrons. The zero-order chi connectivity index (χ0) is 10.8. The maximum absolute atomic E-state index is 12.9. The molecular weight excluding hydrogens is 308 g/mol. The van der Waals surface area contributed by atoms with E-state index in [-0.39, 0.29) is 5.82 Å². The molecule has 0 aliphatic rings. The van der Waals surface area contributed by atoms with Gasteiger partial charge in [0.05, 0.1) is 5.69 Å². The van der Waals surface area contributed by atoms with Gasteiger partial charge in [-0.25, -0.2) is 9.37 Å². The first-order valence-corrected chi connectivity index (χ1v) is 5.47. The summed E-state index contributed by atoms with van der Waals surface area (Å²) in [5.74, 6) is 0.508. The minimum Gasteiger partial charge on any atom is -0.358 e. The van der Waals surface area contributed by atoms with Crippen molar-refractivity contribution in [3.8, 4) is 5.69 Å². The summed E-state index contributed by atoms with van der Waals surface area (Å²) < 4.78 is 15.7. The molecule has 0 aliphatic heterocycles. The summed E-state index contributed by atoms with van der Waals surface area (Å²) in [7, 11) is 1.80. The van der Waals surface area contributed by atoms with Crippen molar-refractivity contribution in [3.05, 3.63) is 40.0 Å². The van der Waals surface area contributed by atoms with E-state index < -0.39 is 0 Å². The van der Waals surface area contributed by atoms with E-state index in [2.05, 4.69) is 32.9 Å². The topological polar surface area (TPSA) is 29.9 Å². The summed E-state index contributed by atoms with van der Waals surface area (Å²) in [6.07, 6.45) is 3.53. The number of benzene rings is 1. The van der Waals surface area contributed by atoms with Crippen molar-refractivity contribution in [3.63, 3.8) is 0 Å². The fraction of sp³-hybridized carbons (Fsp3) is 0.100. The Morgan fingerprint density at radius 3 is 2.93 bits per heavy atom. The zero-order valence-corrected chi connectivity index (χ0v) is 10.2. The maximum atomic E-state index is 12.9. The molecule has 0 spiro atoms. The van der Waals surface area contributed by atoms with E-state index in [1.807, 2.05) is 10.8 Å². The van der Waals surface area contributed by atoms with Crippen LogP contribution in [0, 0.1) is 9.39 Å². The van der Waals surface area contributed by atoms with Gasteiger partial charge in [0.1, 0.15) is 5.82 Å². The van der Waals surface area contributed by atoms with Crippen LogP contribution in [0.15, 0.2) is 30.6 Å². The lowest BCUT2D eigenvalue weighted by Gasteiger charge is -2.08. The molecule has 2 rings (SSSR count). The number of hydrogen-bond donors (Lipinski definition) is 1. The van der Waals surface area contributed by atoms with E-state index in [0.717, 1.165) is 15.2 Å². The normalized spacial score (nSPS) is 10.3. The number of halogens is 2. The molecule has 3 nitrogen and oxygen atoms in total. The lowest BCUT2D eigenvalue weighted by Crippen LogP contribution is -2.02. The fourth-order valence-corrected chi connectivity index (χ4v) is 2.10. The van der Waals surface area contributed by atoms with E-state index in [9.17, 15) is 4.39 Å². The number of aromatic nitrogens is 2. The number of rotatable bonds is 2. The number of nitrogens with zero attached hydrogens (tertiary/aromatic N) is 2. The minimum atomic E-state index is -0.228. The Kier molecular flexibility index (Phi) is 2.90. The van der Waals surface area contributed by atoms with Crippen LogP contribution >= 0.6 is 22.6 Å². The predicted molar refractivity (Wildman–Crippen MR) is 65.8 cm³/mol. The monoisotopic (exact) mass is 317 g/mol. The fourth-order valence-electron chi connectivity index (χ4n) is 1.36. The molecule has 1 heterocycles. The van der Waals surface area contributed by atoms with Crippen LogP contribution in [0.3, 0.4) is 0 Å². The first-order chi connectivity index (χ1) is 7.22. The van der Waals surface area contributed by atoms with Gasteiger partial charge < -0.3 is 5.32 Å². The van der Waals surface area contributed by atoms with Crippen molar-refractivity contribution in [2.45, 2.75) is 0 Å². The predicted octanol–water partition coefficient (Wildman–Crippen LogP) is 2.66. The smallest absolute Gasteiger partial charge is 0.207 e. The molecule has 15 heavy (non-hydrogen) atoms. The zero-order valence-electron chi connectivity index (χ0n) is 8.04. The van der Waals surface area contributed by atoms with Crippen LogP contribution < -0.4 is 5.32 Å². The third-order valence-corrected chi connectivity index (χ3v) is 2.90. The molecule has 0 unspecified atom stereocenters. The molecule has 78 valence electrons. The first-order valence-electron chi connectivity index (χ1n) is 4.39. The van der Waals surface area contributed by atoms with Gasteiger partial charge in [-0.05, 0) is 40.8 Å². The van der Waals surface area contributed by atoms with Crippen molar-refractivity contribution in [2.24, 2.45) is 0 Å². The number of nitrogens with one attached hydrogen (secondary N) is 1. The second-order valence-electron chi connectivity index (χ2n) is 2.97. The summed E-state index contributed by atoms with van der Waals surface area (Å²) in [4.78, 5) is 4.13. The lowest BCUT2D eigenvalue weighted by molar-refractivity contribution is 0.626. The lowest BCUT2D eigenvalue weighted by atomic mass is 10.3. The van der Waals surface area contributed by atoms with Gasteiger partial charge in [-0.15, -0.1) is 0 Å². The molecule has 0 amide bonds. The molecule has 0 aliphatic carbocycles. The summed E-state index contributed by atoms with van der Waals surface area (Å²) in [5.41, 5.74) is 0.916. The Morgan fingerprint density at radius 2 is 2.27 bits per heavy atom. The van der Waals surface area contributed by atoms with E-state index >= 15 is 0 Å². The van der Waals surface area contributed by atoms with Crippen molar-refractivity contribution < 1.29 is 4.39 Å².